The standard InChI is InChI=1S/C18H16N2O3/c1-2-22-18(21)16-15(14-8-5-11-23-14)19-17-13-7-4-3-6-12(13)9-10-20(16)17/h3-8,11H,2,9-10H2,1H3. The number of hydrogen-bond donors (Lipinski definition) is 0. The molecule has 0 unspecified atom stereocenters. The summed E-state index contributed by atoms with van der Waals surface area (Å²) in [6.07, 6.45) is 2.44. The molecular formula is C18H16N2O3. The second-order valence-electron chi connectivity index (χ2n) is 5.39. The summed E-state index contributed by atoms with van der Waals surface area (Å²) in [6, 6.07) is 11.7. The zero-order valence-corrected chi connectivity index (χ0v) is 12.8. The topological polar surface area (TPSA) is 57.3 Å². The minimum Gasteiger partial charge on any atom is -0.463 e. The Hall–Kier alpha value is -2.82. The molecule has 0 spiro atoms. The van der Waals surface area contributed by atoms with Crippen molar-refractivity contribution in [1.82, 2.24) is 9.55 Å². The molecular weight excluding hydrogens is 292 g/mol. The first-order valence-electron chi connectivity index (χ1n) is 7.69. The molecule has 0 bridgehead atoms. The first-order chi connectivity index (χ1) is 11.3. The molecule has 3 heterocycles. The summed E-state index contributed by atoms with van der Waals surface area (Å²) in [6.45, 7) is 2.83. The highest BCUT2D eigenvalue weighted by atomic mass is 16.5. The van der Waals surface area contributed by atoms with Crippen molar-refractivity contribution in [2.45, 2.75) is 19.9 Å². The van der Waals surface area contributed by atoms with Crippen LogP contribution in [0.4, 0.5) is 0 Å². The molecule has 2 aromatic heterocycles. The van der Waals surface area contributed by atoms with E-state index < -0.39 is 0 Å². The molecule has 0 fully saturated rings. The summed E-state index contributed by atoms with van der Waals surface area (Å²) in [5, 5.41) is 0. The van der Waals surface area contributed by atoms with Gasteiger partial charge in [-0.25, -0.2) is 9.78 Å². The number of rotatable bonds is 3. The zero-order valence-electron chi connectivity index (χ0n) is 12.8. The number of hydrogen-bond acceptors (Lipinski definition) is 4. The summed E-state index contributed by atoms with van der Waals surface area (Å²) in [4.78, 5) is 17.2. The zero-order chi connectivity index (χ0) is 15.8. The maximum absolute atomic E-state index is 12.5. The van der Waals surface area contributed by atoms with Gasteiger partial charge in [0.25, 0.3) is 0 Å². The largest absolute Gasteiger partial charge is 0.463 e. The van der Waals surface area contributed by atoms with Crippen LogP contribution in [0.3, 0.4) is 0 Å². The van der Waals surface area contributed by atoms with Crippen molar-refractivity contribution in [3.05, 3.63) is 53.9 Å². The van der Waals surface area contributed by atoms with Crippen molar-refractivity contribution >= 4 is 5.97 Å². The van der Waals surface area contributed by atoms with Gasteiger partial charge in [-0.3, -0.25) is 0 Å². The van der Waals surface area contributed by atoms with Gasteiger partial charge in [0.15, 0.2) is 11.5 Å². The molecule has 1 aromatic carbocycles. The number of aromatic nitrogens is 2. The number of furan rings is 1. The molecule has 116 valence electrons. The third-order valence-corrected chi connectivity index (χ3v) is 4.05. The predicted octanol–water partition coefficient (Wildman–Crippen LogP) is 3.54. The van der Waals surface area contributed by atoms with Gasteiger partial charge in [0.2, 0.25) is 0 Å². The normalized spacial score (nSPS) is 12.6. The molecule has 1 aliphatic rings. The molecule has 0 radical (unpaired) electrons. The van der Waals surface area contributed by atoms with Gasteiger partial charge in [0.05, 0.1) is 12.9 Å². The van der Waals surface area contributed by atoms with E-state index in [1.54, 1.807) is 19.3 Å². The van der Waals surface area contributed by atoms with Gasteiger partial charge >= 0.3 is 5.97 Å². The first kappa shape index (κ1) is 13.8. The van der Waals surface area contributed by atoms with Gasteiger partial charge in [-0.1, -0.05) is 24.3 Å². The Bertz CT molecular complexity index is 863. The third-order valence-electron chi connectivity index (χ3n) is 4.05. The quantitative estimate of drug-likeness (QED) is 0.694. The highest BCUT2D eigenvalue weighted by Crippen LogP contribution is 2.35. The van der Waals surface area contributed by atoms with E-state index in [9.17, 15) is 4.79 Å². The van der Waals surface area contributed by atoms with Crippen molar-refractivity contribution in [2.75, 3.05) is 6.61 Å². The number of carbonyl (C=O) groups excluding carboxylic acids is 1. The maximum Gasteiger partial charge on any atom is 0.357 e. The van der Waals surface area contributed by atoms with E-state index in [0.717, 1.165) is 17.8 Å². The molecule has 0 atom stereocenters. The second-order valence-corrected chi connectivity index (χ2v) is 5.39. The van der Waals surface area contributed by atoms with Crippen molar-refractivity contribution in [2.24, 2.45) is 0 Å². The van der Waals surface area contributed by atoms with Gasteiger partial charge < -0.3 is 13.7 Å². The van der Waals surface area contributed by atoms with E-state index in [4.69, 9.17) is 14.1 Å². The van der Waals surface area contributed by atoms with E-state index in [2.05, 4.69) is 6.07 Å². The second kappa shape index (κ2) is 5.43. The number of benzene rings is 1. The van der Waals surface area contributed by atoms with Crippen LogP contribution in [0.2, 0.25) is 0 Å². The molecule has 1 aliphatic heterocycles. The Kier molecular flexibility index (Phi) is 3.26. The van der Waals surface area contributed by atoms with Crippen molar-refractivity contribution < 1.29 is 13.9 Å². The molecule has 5 heteroatoms. The number of nitrogens with zero attached hydrogens (tertiary/aromatic N) is 2. The lowest BCUT2D eigenvalue weighted by Gasteiger charge is -2.19. The molecule has 3 aromatic rings. The molecule has 0 saturated carbocycles. The SMILES string of the molecule is CCOC(=O)c1c(-c2ccco2)nc2n1CCc1ccccc1-2. The molecule has 0 amide bonds. The summed E-state index contributed by atoms with van der Waals surface area (Å²) in [5.74, 6) is 1.01. The van der Waals surface area contributed by atoms with Crippen LogP contribution in [0.25, 0.3) is 22.8 Å². The van der Waals surface area contributed by atoms with Gasteiger partial charge in [-0.2, -0.15) is 0 Å². The number of imidazole rings is 1. The Morgan fingerprint density at radius 3 is 2.96 bits per heavy atom. The number of ether oxygens (including phenoxy) is 1. The Morgan fingerprint density at radius 2 is 2.17 bits per heavy atom. The van der Waals surface area contributed by atoms with Crippen LogP contribution in [0, 0.1) is 0 Å². The van der Waals surface area contributed by atoms with Gasteiger partial charge in [-0.15, -0.1) is 0 Å². The minimum atomic E-state index is -0.364. The molecule has 4 rings (SSSR count). The van der Waals surface area contributed by atoms with E-state index >= 15 is 0 Å². The number of carbonyl (C=O) groups is 1. The summed E-state index contributed by atoms with van der Waals surface area (Å²) in [5.41, 5.74) is 3.31. The number of esters is 1. The predicted molar refractivity (Wildman–Crippen MR) is 85.0 cm³/mol. The molecule has 0 saturated heterocycles. The van der Waals surface area contributed by atoms with Crippen LogP contribution >= 0.6 is 0 Å². The van der Waals surface area contributed by atoms with Gasteiger partial charge in [-0.05, 0) is 31.0 Å². The van der Waals surface area contributed by atoms with Crippen LogP contribution < -0.4 is 0 Å². The fourth-order valence-corrected chi connectivity index (χ4v) is 3.06. The lowest BCUT2D eigenvalue weighted by atomic mass is 10.0. The average molecular weight is 308 g/mol. The van der Waals surface area contributed by atoms with Crippen molar-refractivity contribution in [3.8, 4) is 22.8 Å². The average Bonchev–Trinajstić information content (AvgIpc) is 3.22. The van der Waals surface area contributed by atoms with Crippen LogP contribution in [-0.4, -0.2) is 22.1 Å². The van der Waals surface area contributed by atoms with Gasteiger partial charge in [0, 0.05) is 12.1 Å². The molecule has 23 heavy (non-hydrogen) atoms. The van der Waals surface area contributed by atoms with E-state index in [1.807, 2.05) is 28.8 Å². The number of aryl methyl sites for hydroxylation is 1. The van der Waals surface area contributed by atoms with Crippen LogP contribution in [-0.2, 0) is 17.7 Å². The fraction of sp³-hybridized carbons (Fsp3) is 0.222. The highest BCUT2D eigenvalue weighted by molar-refractivity contribution is 5.95. The Labute approximate surface area is 133 Å². The van der Waals surface area contributed by atoms with Crippen molar-refractivity contribution in [3.63, 3.8) is 0 Å². The Morgan fingerprint density at radius 1 is 1.30 bits per heavy atom. The molecule has 0 aliphatic carbocycles. The maximum atomic E-state index is 12.5. The minimum absolute atomic E-state index is 0.327. The monoisotopic (exact) mass is 308 g/mol. The smallest absolute Gasteiger partial charge is 0.357 e. The number of fused-ring (bicyclic) bond motifs is 3. The molecule has 5 nitrogen and oxygen atoms in total. The van der Waals surface area contributed by atoms with Crippen LogP contribution in [0.15, 0.2) is 47.1 Å². The summed E-state index contributed by atoms with van der Waals surface area (Å²) in [7, 11) is 0. The Balaban J connectivity index is 1.95. The third kappa shape index (κ3) is 2.16. The van der Waals surface area contributed by atoms with Crippen LogP contribution in [0.5, 0.6) is 0 Å². The lowest BCUT2D eigenvalue weighted by molar-refractivity contribution is 0.0514. The summed E-state index contributed by atoms with van der Waals surface area (Å²) < 4.78 is 12.7. The summed E-state index contributed by atoms with van der Waals surface area (Å²) >= 11 is 0. The first-order valence-corrected chi connectivity index (χ1v) is 7.69. The fourth-order valence-electron chi connectivity index (χ4n) is 3.06. The van der Waals surface area contributed by atoms with E-state index in [0.29, 0.717) is 30.3 Å². The van der Waals surface area contributed by atoms with Crippen LogP contribution in [0.1, 0.15) is 23.0 Å². The lowest BCUT2D eigenvalue weighted by Crippen LogP contribution is -2.18. The van der Waals surface area contributed by atoms with Gasteiger partial charge in [0.1, 0.15) is 11.5 Å². The molecule has 0 N–H and O–H groups in total. The van der Waals surface area contributed by atoms with E-state index in [1.165, 1.54) is 5.56 Å². The highest BCUT2D eigenvalue weighted by Gasteiger charge is 2.29. The van der Waals surface area contributed by atoms with E-state index in [-0.39, 0.29) is 5.97 Å². The van der Waals surface area contributed by atoms with Crippen molar-refractivity contribution in [1.29, 1.82) is 0 Å².